The van der Waals surface area contributed by atoms with Crippen LogP contribution < -0.4 is 5.32 Å². The summed E-state index contributed by atoms with van der Waals surface area (Å²) in [6.45, 7) is 6.23. The van der Waals surface area contributed by atoms with Crippen molar-refractivity contribution in [1.82, 2.24) is 15.5 Å². The van der Waals surface area contributed by atoms with Crippen LogP contribution in [0.3, 0.4) is 0 Å². The summed E-state index contributed by atoms with van der Waals surface area (Å²) in [4.78, 5) is 4.62. The van der Waals surface area contributed by atoms with Gasteiger partial charge in [-0.2, -0.15) is 4.98 Å². The van der Waals surface area contributed by atoms with Crippen LogP contribution in [0.5, 0.6) is 0 Å². The van der Waals surface area contributed by atoms with Gasteiger partial charge in [-0.3, -0.25) is 0 Å². The summed E-state index contributed by atoms with van der Waals surface area (Å²) in [6, 6.07) is 10.3. The Morgan fingerprint density at radius 3 is 2.74 bits per heavy atom. The van der Waals surface area contributed by atoms with Crippen LogP contribution in [-0.2, 0) is 5.41 Å². The number of aromatic nitrogens is 2. The molecule has 1 saturated heterocycles. The summed E-state index contributed by atoms with van der Waals surface area (Å²) in [5, 5.41) is 7.52. The topological polar surface area (TPSA) is 51.0 Å². The third-order valence-corrected chi connectivity index (χ3v) is 3.91. The number of benzene rings is 1. The fourth-order valence-corrected chi connectivity index (χ4v) is 2.50. The van der Waals surface area contributed by atoms with Gasteiger partial charge in [-0.05, 0) is 32.4 Å². The molecule has 1 aromatic heterocycles. The Morgan fingerprint density at radius 1 is 1.26 bits per heavy atom. The molecule has 0 radical (unpaired) electrons. The highest BCUT2D eigenvalue weighted by Crippen LogP contribution is 2.30. The average Bonchev–Trinajstić information content (AvgIpc) is 3.10. The summed E-state index contributed by atoms with van der Waals surface area (Å²) in [6.07, 6.45) is 1.08. The summed E-state index contributed by atoms with van der Waals surface area (Å²) in [7, 11) is 0. The zero-order valence-corrected chi connectivity index (χ0v) is 11.4. The second-order valence-electron chi connectivity index (χ2n) is 5.64. The molecule has 19 heavy (non-hydrogen) atoms. The maximum atomic E-state index is 5.46. The van der Waals surface area contributed by atoms with Crippen molar-refractivity contribution in [2.75, 3.05) is 13.1 Å². The Balaban J connectivity index is 1.89. The van der Waals surface area contributed by atoms with Crippen molar-refractivity contribution >= 4 is 0 Å². The van der Waals surface area contributed by atoms with Crippen LogP contribution in [0.2, 0.25) is 0 Å². The molecule has 100 valence electrons. The van der Waals surface area contributed by atoms with Gasteiger partial charge in [0.1, 0.15) is 0 Å². The fourth-order valence-electron chi connectivity index (χ4n) is 2.50. The van der Waals surface area contributed by atoms with Gasteiger partial charge < -0.3 is 9.84 Å². The van der Waals surface area contributed by atoms with E-state index in [1.807, 2.05) is 18.2 Å². The molecule has 1 atom stereocenters. The zero-order valence-electron chi connectivity index (χ0n) is 11.4. The van der Waals surface area contributed by atoms with Crippen LogP contribution in [0.15, 0.2) is 34.9 Å². The van der Waals surface area contributed by atoms with Crippen molar-refractivity contribution < 1.29 is 4.52 Å². The normalized spacial score (nSPS) is 19.8. The van der Waals surface area contributed by atoms with Gasteiger partial charge in [0.25, 0.3) is 0 Å². The van der Waals surface area contributed by atoms with Gasteiger partial charge in [-0.25, -0.2) is 0 Å². The maximum Gasteiger partial charge on any atom is 0.231 e. The molecule has 1 aromatic carbocycles. The fraction of sp³-hybridized carbons (Fsp3) is 0.467. The van der Waals surface area contributed by atoms with Gasteiger partial charge in [0.2, 0.25) is 5.89 Å². The minimum atomic E-state index is -0.227. The van der Waals surface area contributed by atoms with E-state index in [1.165, 1.54) is 5.56 Å². The summed E-state index contributed by atoms with van der Waals surface area (Å²) < 4.78 is 5.46. The molecule has 1 aliphatic heterocycles. The first-order valence-corrected chi connectivity index (χ1v) is 6.78. The highest BCUT2D eigenvalue weighted by atomic mass is 16.5. The molecule has 1 aliphatic rings. The van der Waals surface area contributed by atoms with E-state index >= 15 is 0 Å². The van der Waals surface area contributed by atoms with E-state index in [0.29, 0.717) is 5.92 Å². The highest BCUT2D eigenvalue weighted by Gasteiger charge is 2.31. The maximum absolute atomic E-state index is 5.46. The Kier molecular flexibility index (Phi) is 3.11. The van der Waals surface area contributed by atoms with Gasteiger partial charge in [-0.15, -0.1) is 0 Å². The predicted molar refractivity (Wildman–Crippen MR) is 73.1 cm³/mol. The van der Waals surface area contributed by atoms with Crippen LogP contribution >= 0.6 is 0 Å². The summed E-state index contributed by atoms with van der Waals surface area (Å²) in [5.74, 6) is 1.90. The molecule has 3 rings (SSSR count). The van der Waals surface area contributed by atoms with Crippen molar-refractivity contribution in [3.63, 3.8) is 0 Å². The Hall–Kier alpha value is -1.68. The predicted octanol–water partition coefficient (Wildman–Crippen LogP) is 2.47. The lowest BCUT2D eigenvalue weighted by molar-refractivity contribution is 0.349. The quantitative estimate of drug-likeness (QED) is 0.917. The molecule has 1 unspecified atom stereocenters. The Labute approximate surface area is 113 Å². The van der Waals surface area contributed by atoms with E-state index < -0.39 is 0 Å². The van der Waals surface area contributed by atoms with Crippen LogP contribution in [0.25, 0.3) is 0 Å². The van der Waals surface area contributed by atoms with Crippen molar-refractivity contribution in [3.05, 3.63) is 47.6 Å². The van der Waals surface area contributed by atoms with E-state index in [-0.39, 0.29) is 5.41 Å². The lowest BCUT2D eigenvalue weighted by Gasteiger charge is -2.20. The van der Waals surface area contributed by atoms with E-state index in [9.17, 15) is 0 Å². The third-order valence-electron chi connectivity index (χ3n) is 3.91. The van der Waals surface area contributed by atoms with Gasteiger partial charge in [-0.1, -0.05) is 35.5 Å². The van der Waals surface area contributed by atoms with Gasteiger partial charge in [0, 0.05) is 6.54 Å². The molecule has 2 aromatic rings. The van der Waals surface area contributed by atoms with E-state index in [4.69, 9.17) is 4.52 Å². The van der Waals surface area contributed by atoms with Crippen LogP contribution in [0, 0.1) is 0 Å². The Morgan fingerprint density at radius 2 is 2.05 bits per heavy atom. The number of rotatable bonds is 3. The molecule has 4 nitrogen and oxygen atoms in total. The minimum absolute atomic E-state index is 0.227. The minimum Gasteiger partial charge on any atom is -0.339 e. The number of hydrogen-bond donors (Lipinski definition) is 1. The summed E-state index contributed by atoms with van der Waals surface area (Å²) >= 11 is 0. The second-order valence-corrected chi connectivity index (χ2v) is 5.64. The van der Waals surface area contributed by atoms with Gasteiger partial charge >= 0.3 is 0 Å². The zero-order chi connectivity index (χ0) is 13.3. The monoisotopic (exact) mass is 257 g/mol. The molecule has 0 amide bonds. The largest absolute Gasteiger partial charge is 0.339 e. The SMILES string of the molecule is CC(C)(c1ccccc1)c1noc(C2CCNC2)n1. The van der Waals surface area contributed by atoms with Crippen molar-refractivity contribution in [1.29, 1.82) is 0 Å². The molecular formula is C15H19N3O. The third kappa shape index (κ3) is 2.28. The number of hydrogen-bond acceptors (Lipinski definition) is 4. The number of nitrogens with one attached hydrogen (secondary N) is 1. The molecule has 4 heteroatoms. The van der Waals surface area contributed by atoms with Crippen molar-refractivity contribution in [3.8, 4) is 0 Å². The van der Waals surface area contributed by atoms with Gasteiger partial charge in [0.15, 0.2) is 5.82 Å². The standard InChI is InChI=1S/C15H19N3O/c1-15(2,12-6-4-3-5-7-12)14-17-13(19-18-14)11-8-9-16-10-11/h3-7,11,16H,8-10H2,1-2H3. The first-order chi connectivity index (χ1) is 9.18. The molecule has 2 heterocycles. The molecular weight excluding hydrogens is 238 g/mol. The molecule has 0 aliphatic carbocycles. The van der Waals surface area contributed by atoms with Crippen molar-refractivity contribution in [2.24, 2.45) is 0 Å². The van der Waals surface area contributed by atoms with Crippen LogP contribution in [0.1, 0.15) is 43.5 Å². The number of nitrogens with zero attached hydrogens (tertiary/aromatic N) is 2. The molecule has 0 spiro atoms. The Bertz CT molecular complexity index is 542. The second kappa shape index (κ2) is 4.78. The van der Waals surface area contributed by atoms with Gasteiger partial charge in [0.05, 0.1) is 11.3 Å². The average molecular weight is 257 g/mol. The molecule has 1 fully saturated rings. The van der Waals surface area contributed by atoms with E-state index in [1.54, 1.807) is 0 Å². The summed E-state index contributed by atoms with van der Waals surface area (Å²) in [5.41, 5.74) is 0.974. The first-order valence-electron chi connectivity index (χ1n) is 6.78. The lowest BCUT2D eigenvalue weighted by atomic mass is 9.84. The first kappa shape index (κ1) is 12.4. The molecule has 0 bridgehead atoms. The highest BCUT2D eigenvalue weighted by molar-refractivity contribution is 5.30. The van der Waals surface area contributed by atoms with Crippen LogP contribution in [-0.4, -0.2) is 23.2 Å². The van der Waals surface area contributed by atoms with E-state index in [2.05, 4.69) is 41.4 Å². The van der Waals surface area contributed by atoms with Crippen LogP contribution in [0.4, 0.5) is 0 Å². The molecule has 1 N–H and O–H groups in total. The molecule has 0 saturated carbocycles. The smallest absolute Gasteiger partial charge is 0.231 e. The van der Waals surface area contributed by atoms with E-state index in [0.717, 1.165) is 31.2 Å². The van der Waals surface area contributed by atoms with Crippen molar-refractivity contribution in [2.45, 2.75) is 31.6 Å². The lowest BCUT2D eigenvalue weighted by Crippen LogP contribution is -2.20.